The molecule has 5 rings (SSSR count). The first kappa shape index (κ1) is 22.4. The molecule has 0 bridgehead atoms. The fraction of sp³-hybridized carbons (Fsp3) is 0.615. The lowest BCUT2D eigenvalue weighted by molar-refractivity contribution is -0.136. The Labute approximate surface area is 195 Å². The first-order valence-electron chi connectivity index (χ1n) is 12.2. The molecule has 2 fully saturated rings. The minimum atomic E-state index is -0.551. The van der Waals surface area contributed by atoms with Gasteiger partial charge >= 0.3 is 11.9 Å². The molecule has 0 amide bonds. The molecule has 1 atom stereocenters. The summed E-state index contributed by atoms with van der Waals surface area (Å²) in [6.07, 6.45) is 4.48. The van der Waals surface area contributed by atoms with Crippen molar-refractivity contribution in [3.8, 4) is 0 Å². The van der Waals surface area contributed by atoms with Crippen LogP contribution >= 0.6 is 0 Å². The Bertz CT molecular complexity index is 1010. The highest BCUT2D eigenvalue weighted by molar-refractivity contribution is 5.94. The zero-order valence-electron chi connectivity index (χ0n) is 19.9. The van der Waals surface area contributed by atoms with Gasteiger partial charge in [-0.05, 0) is 69.7 Å². The molecule has 178 valence electrons. The summed E-state index contributed by atoms with van der Waals surface area (Å²) in [5.74, 6) is -0.480. The number of cyclic esters (lactones) is 2. The summed E-state index contributed by atoms with van der Waals surface area (Å²) in [5, 5.41) is 11.3. The van der Waals surface area contributed by atoms with E-state index in [-0.39, 0.29) is 24.0 Å². The summed E-state index contributed by atoms with van der Waals surface area (Å²) in [7, 11) is 0. The number of carbonyl (C=O) groups is 2. The van der Waals surface area contributed by atoms with Crippen LogP contribution in [0.5, 0.6) is 0 Å². The van der Waals surface area contributed by atoms with Crippen molar-refractivity contribution in [3.05, 3.63) is 45.7 Å². The Morgan fingerprint density at radius 2 is 1.82 bits per heavy atom. The van der Waals surface area contributed by atoms with Crippen molar-refractivity contribution in [3.63, 3.8) is 0 Å². The van der Waals surface area contributed by atoms with E-state index < -0.39 is 6.23 Å². The van der Waals surface area contributed by atoms with E-state index in [4.69, 9.17) is 9.47 Å². The third-order valence-electron chi connectivity index (χ3n) is 8.64. The second-order valence-electron chi connectivity index (χ2n) is 10.1. The van der Waals surface area contributed by atoms with Gasteiger partial charge in [-0.1, -0.05) is 13.0 Å². The average Bonchev–Trinajstić information content (AvgIpc) is 3.46. The zero-order chi connectivity index (χ0) is 23.3. The summed E-state index contributed by atoms with van der Waals surface area (Å²) >= 11 is 0. The second-order valence-corrected chi connectivity index (χ2v) is 10.1. The number of fused-ring (bicyclic) bond motifs is 1. The Kier molecular flexibility index (Phi) is 5.73. The lowest BCUT2D eigenvalue weighted by Gasteiger charge is -2.44. The molecule has 3 aliphatic heterocycles. The first-order valence-corrected chi connectivity index (χ1v) is 12.2. The van der Waals surface area contributed by atoms with Crippen LogP contribution < -0.4 is 0 Å². The van der Waals surface area contributed by atoms with Gasteiger partial charge in [0.2, 0.25) is 0 Å². The summed E-state index contributed by atoms with van der Waals surface area (Å²) in [6, 6.07) is 4.46. The molecule has 3 heterocycles. The number of carbonyl (C=O) groups excluding carboxylic acids is 2. The molecule has 1 aliphatic carbocycles. The van der Waals surface area contributed by atoms with Crippen LogP contribution in [0, 0.1) is 12.3 Å². The third-order valence-corrected chi connectivity index (χ3v) is 8.64. The van der Waals surface area contributed by atoms with Gasteiger partial charge in [0.1, 0.15) is 19.4 Å². The number of aliphatic hydroxyl groups excluding tert-OH is 1. The molecule has 4 aliphatic rings. The molecular formula is C26H34N2O5. The number of nitrogens with zero attached hydrogens (tertiary/aromatic N) is 2. The van der Waals surface area contributed by atoms with Crippen LogP contribution in [0.25, 0.3) is 0 Å². The van der Waals surface area contributed by atoms with Crippen LogP contribution in [0.1, 0.15) is 73.0 Å². The van der Waals surface area contributed by atoms with E-state index in [1.165, 1.54) is 11.1 Å². The number of ether oxygens (including phenoxy) is 2. The van der Waals surface area contributed by atoms with Gasteiger partial charge in [0, 0.05) is 30.1 Å². The van der Waals surface area contributed by atoms with Crippen molar-refractivity contribution in [2.45, 2.75) is 78.3 Å². The molecule has 0 aromatic heterocycles. The van der Waals surface area contributed by atoms with E-state index in [1.54, 1.807) is 6.92 Å². The molecular weight excluding hydrogens is 420 g/mol. The molecule has 1 aromatic carbocycles. The normalized spacial score (nSPS) is 29.3. The van der Waals surface area contributed by atoms with Crippen molar-refractivity contribution in [2.75, 3.05) is 19.7 Å². The minimum absolute atomic E-state index is 0.101. The monoisotopic (exact) mass is 454 g/mol. The van der Waals surface area contributed by atoms with E-state index in [0.717, 1.165) is 63.0 Å². The van der Waals surface area contributed by atoms with E-state index >= 15 is 0 Å². The molecule has 1 unspecified atom stereocenters. The Balaban J connectivity index is 1.25. The summed E-state index contributed by atoms with van der Waals surface area (Å²) in [4.78, 5) is 28.2. The molecule has 1 N–H and O–H groups in total. The summed E-state index contributed by atoms with van der Waals surface area (Å²) < 4.78 is 10.4. The molecule has 7 nitrogen and oxygen atoms in total. The van der Waals surface area contributed by atoms with E-state index in [2.05, 4.69) is 24.8 Å². The SMILES string of the molecule is CCN(Cc1ccc2c(c1C)COC2=O)C1CCC2(CC1)CCN(C1=C(C)C(=O)OC1)C2O. The quantitative estimate of drug-likeness (QED) is 0.684. The van der Waals surface area contributed by atoms with Gasteiger partial charge in [0.15, 0.2) is 0 Å². The molecule has 1 saturated heterocycles. The van der Waals surface area contributed by atoms with Crippen molar-refractivity contribution in [1.82, 2.24) is 9.80 Å². The maximum Gasteiger partial charge on any atom is 0.338 e. The van der Waals surface area contributed by atoms with Crippen molar-refractivity contribution < 1.29 is 24.2 Å². The Morgan fingerprint density at radius 1 is 1.09 bits per heavy atom. The number of aliphatic hydroxyl groups is 1. The van der Waals surface area contributed by atoms with Crippen molar-refractivity contribution in [2.24, 2.45) is 5.41 Å². The number of hydrogen-bond acceptors (Lipinski definition) is 7. The van der Waals surface area contributed by atoms with Gasteiger partial charge in [0.05, 0.1) is 16.8 Å². The van der Waals surface area contributed by atoms with Crippen LogP contribution in [0.2, 0.25) is 0 Å². The second kappa shape index (κ2) is 8.44. The van der Waals surface area contributed by atoms with Gasteiger partial charge in [-0.25, -0.2) is 9.59 Å². The van der Waals surface area contributed by atoms with Crippen LogP contribution in [0.4, 0.5) is 0 Å². The standard InChI is InChI=1S/C26H34N2O5/c1-4-27(13-18-5-6-20-21(16(18)2)14-32-24(20)30)19-7-9-26(10-8-19)11-12-28(25(26)31)22-15-33-23(29)17(22)3/h5-6,19,25,31H,4,7-15H2,1-3H3. The fourth-order valence-electron chi connectivity index (χ4n) is 6.31. The molecule has 1 spiro atoms. The molecule has 1 aromatic rings. The van der Waals surface area contributed by atoms with E-state index in [1.807, 2.05) is 11.0 Å². The minimum Gasteiger partial charge on any atom is -0.457 e. The summed E-state index contributed by atoms with van der Waals surface area (Å²) in [5.41, 5.74) is 5.56. The van der Waals surface area contributed by atoms with Gasteiger partial charge in [-0.3, -0.25) is 4.90 Å². The van der Waals surface area contributed by atoms with Gasteiger partial charge in [-0.15, -0.1) is 0 Å². The van der Waals surface area contributed by atoms with Crippen molar-refractivity contribution in [1.29, 1.82) is 0 Å². The largest absolute Gasteiger partial charge is 0.457 e. The number of benzene rings is 1. The van der Waals surface area contributed by atoms with Crippen LogP contribution in [0.15, 0.2) is 23.4 Å². The van der Waals surface area contributed by atoms with Crippen LogP contribution in [0.3, 0.4) is 0 Å². The smallest absolute Gasteiger partial charge is 0.338 e. The lowest BCUT2D eigenvalue weighted by atomic mass is 9.70. The highest BCUT2D eigenvalue weighted by Gasteiger charge is 2.50. The fourth-order valence-corrected chi connectivity index (χ4v) is 6.31. The number of esters is 2. The molecule has 33 heavy (non-hydrogen) atoms. The van der Waals surface area contributed by atoms with E-state index in [0.29, 0.717) is 23.8 Å². The lowest BCUT2D eigenvalue weighted by Crippen LogP contribution is -2.46. The van der Waals surface area contributed by atoms with Crippen molar-refractivity contribution >= 4 is 11.9 Å². The van der Waals surface area contributed by atoms with Gasteiger partial charge in [-0.2, -0.15) is 0 Å². The van der Waals surface area contributed by atoms with Crippen LogP contribution in [-0.2, 0) is 27.4 Å². The maximum atomic E-state index is 11.9. The molecule has 0 radical (unpaired) electrons. The number of rotatable bonds is 5. The maximum absolute atomic E-state index is 11.9. The first-order chi connectivity index (χ1) is 15.8. The highest BCUT2D eigenvalue weighted by Crippen LogP contribution is 2.49. The molecule has 7 heteroatoms. The summed E-state index contributed by atoms with van der Waals surface area (Å²) in [6.45, 7) is 9.36. The Hall–Kier alpha value is -2.38. The average molecular weight is 455 g/mol. The Morgan fingerprint density at radius 3 is 2.48 bits per heavy atom. The molecule has 1 saturated carbocycles. The predicted molar refractivity (Wildman–Crippen MR) is 122 cm³/mol. The zero-order valence-corrected chi connectivity index (χ0v) is 19.9. The van der Waals surface area contributed by atoms with Gasteiger partial charge < -0.3 is 19.5 Å². The number of hydrogen-bond donors (Lipinski definition) is 1. The highest BCUT2D eigenvalue weighted by atomic mass is 16.5. The number of likely N-dealkylation sites (tertiary alicyclic amines) is 1. The van der Waals surface area contributed by atoms with E-state index in [9.17, 15) is 14.7 Å². The topological polar surface area (TPSA) is 79.3 Å². The van der Waals surface area contributed by atoms with Gasteiger partial charge in [0.25, 0.3) is 0 Å². The van der Waals surface area contributed by atoms with Crippen LogP contribution in [-0.4, -0.2) is 58.8 Å². The predicted octanol–water partition coefficient (Wildman–Crippen LogP) is 3.27. The third kappa shape index (κ3) is 3.66.